The Hall–Kier alpha value is -2.18. The third kappa shape index (κ3) is 2.88. The smallest absolute Gasteiger partial charge is 0.254 e. The summed E-state index contributed by atoms with van der Waals surface area (Å²) in [4.78, 5) is 18.8. The van der Waals surface area contributed by atoms with Gasteiger partial charge in [0.05, 0.1) is 19.4 Å². The molecule has 0 spiro atoms. The molecule has 1 fully saturated rings. The predicted molar refractivity (Wildman–Crippen MR) is 84.2 cm³/mol. The van der Waals surface area contributed by atoms with E-state index in [1.165, 1.54) is 0 Å². The summed E-state index contributed by atoms with van der Waals surface area (Å²) in [6.45, 7) is 2.01. The van der Waals surface area contributed by atoms with Crippen molar-refractivity contribution in [2.75, 3.05) is 39.2 Å². The Morgan fingerprint density at radius 1 is 1.45 bits per heavy atom. The molecule has 22 heavy (non-hydrogen) atoms. The van der Waals surface area contributed by atoms with Crippen LogP contribution in [0.4, 0.5) is 5.69 Å². The van der Waals surface area contributed by atoms with Crippen molar-refractivity contribution in [3.63, 3.8) is 0 Å². The average molecular weight is 301 g/mol. The zero-order valence-electron chi connectivity index (χ0n) is 12.7. The highest BCUT2D eigenvalue weighted by atomic mass is 16.5. The Bertz CT molecular complexity index is 689. The van der Waals surface area contributed by atoms with Crippen molar-refractivity contribution in [2.24, 2.45) is 0 Å². The summed E-state index contributed by atoms with van der Waals surface area (Å²) in [6, 6.07) is 7.38. The number of carbonyl (C=O) groups excluding carboxylic acids is 1. The number of ether oxygens (including phenoxy) is 2. The van der Waals surface area contributed by atoms with E-state index in [0.29, 0.717) is 24.6 Å². The van der Waals surface area contributed by atoms with Crippen LogP contribution < -0.4 is 10.1 Å². The normalized spacial score (nSPS) is 19.1. The number of aromatic nitrogens is 1. The highest BCUT2D eigenvalue weighted by molar-refractivity contribution is 6.04. The zero-order chi connectivity index (χ0) is 15.5. The third-order valence-corrected chi connectivity index (χ3v) is 3.77. The number of benzene rings is 1. The maximum atomic E-state index is 12.4. The molecular weight excluding hydrogens is 282 g/mol. The highest BCUT2D eigenvalue weighted by Gasteiger charge is 2.25. The quantitative estimate of drug-likeness (QED) is 0.931. The molecule has 6 nitrogen and oxygen atoms in total. The van der Waals surface area contributed by atoms with Crippen LogP contribution in [0.3, 0.4) is 0 Å². The van der Waals surface area contributed by atoms with Gasteiger partial charge >= 0.3 is 0 Å². The number of nitrogens with one attached hydrogen (secondary N) is 1. The SMILES string of the molecule is COc1ccc(NC(=O)C2CN(C)CCO2)c2cccnc12. The highest BCUT2D eigenvalue weighted by Crippen LogP contribution is 2.29. The fourth-order valence-corrected chi connectivity index (χ4v) is 2.57. The van der Waals surface area contributed by atoms with Gasteiger partial charge in [0.25, 0.3) is 5.91 Å². The number of methoxy groups -OCH3 is 1. The van der Waals surface area contributed by atoms with E-state index in [1.54, 1.807) is 19.4 Å². The number of carbonyl (C=O) groups is 1. The lowest BCUT2D eigenvalue weighted by atomic mass is 10.1. The number of hydrogen-bond donors (Lipinski definition) is 1. The molecule has 2 heterocycles. The molecule has 1 aromatic carbocycles. The van der Waals surface area contributed by atoms with Gasteiger partial charge in [-0.2, -0.15) is 0 Å². The molecule has 0 saturated carbocycles. The number of pyridine rings is 1. The number of likely N-dealkylation sites (N-methyl/N-ethyl adjacent to an activating group) is 1. The molecule has 1 amide bonds. The summed E-state index contributed by atoms with van der Waals surface area (Å²) < 4.78 is 10.9. The van der Waals surface area contributed by atoms with Gasteiger partial charge in [-0.3, -0.25) is 9.78 Å². The number of amides is 1. The second kappa shape index (κ2) is 6.29. The summed E-state index contributed by atoms with van der Waals surface area (Å²) in [5, 5.41) is 3.79. The lowest BCUT2D eigenvalue weighted by Gasteiger charge is -2.29. The van der Waals surface area contributed by atoms with Crippen molar-refractivity contribution in [1.29, 1.82) is 0 Å². The minimum Gasteiger partial charge on any atom is -0.494 e. The first-order chi connectivity index (χ1) is 10.7. The molecule has 1 unspecified atom stereocenters. The predicted octanol–water partition coefficient (Wildman–Crippen LogP) is 1.51. The summed E-state index contributed by atoms with van der Waals surface area (Å²) in [7, 11) is 3.59. The van der Waals surface area contributed by atoms with Crippen LogP contribution in [0.15, 0.2) is 30.5 Å². The van der Waals surface area contributed by atoms with E-state index in [2.05, 4.69) is 15.2 Å². The average Bonchev–Trinajstić information content (AvgIpc) is 2.55. The molecule has 1 atom stereocenters. The minimum atomic E-state index is -0.451. The molecule has 2 aromatic rings. The summed E-state index contributed by atoms with van der Waals surface area (Å²) in [6.07, 6.45) is 1.25. The molecule has 0 radical (unpaired) electrons. The Kier molecular flexibility index (Phi) is 4.22. The van der Waals surface area contributed by atoms with Crippen molar-refractivity contribution in [3.8, 4) is 5.75 Å². The largest absolute Gasteiger partial charge is 0.494 e. The first-order valence-electron chi connectivity index (χ1n) is 7.22. The Morgan fingerprint density at radius 3 is 3.09 bits per heavy atom. The van der Waals surface area contributed by atoms with Crippen molar-refractivity contribution in [1.82, 2.24) is 9.88 Å². The Balaban J connectivity index is 1.86. The summed E-state index contributed by atoms with van der Waals surface area (Å²) in [5.41, 5.74) is 1.44. The minimum absolute atomic E-state index is 0.137. The van der Waals surface area contributed by atoms with Crippen LogP contribution in [-0.2, 0) is 9.53 Å². The summed E-state index contributed by atoms with van der Waals surface area (Å²) >= 11 is 0. The van der Waals surface area contributed by atoms with E-state index in [9.17, 15) is 4.79 Å². The van der Waals surface area contributed by atoms with Gasteiger partial charge < -0.3 is 19.7 Å². The van der Waals surface area contributed by atoms with Crippen LogP contribution in [0.1, 0.15) is 0 Å². The van der Waals surface area contributed by atoms with Gasteiger partial charge in [-0.25, -0.2) is 0 Å². The van der Waals surface area contributed by atoms with Gasteiger partial charge in [0.1, 0.15) is 17.4 Å². The second-order valence-electron chi connectivity index (χ2n) is 5.33. The molecule has 1 aliphatic heterocycles. The van der Waals surface area contributed by atoms with Crippen molar-refractivity contribution < 1.29 is 14.3 Å². The molecule has 1 N–H and O–H groups in total. The maximum Gasteiger partial charge on any atom is 0.254 e. The van der Waals surface area contributed by atoms with Crippen LogP contribution in [0.5, 0.6) is 5.75 Å². The van der Waals surface area contributed by atoms with Crippen LogP contribution in [0.25, 0.3) is 10.9 Å². The van der Waals surface area contributed by atoms with Gasteiger partial charge in [0.2, 0.25) is 0 Å². The van der Waals surface area contributed by atoms with E-state index < -0.39 is 6.10 Å². The van der Waals surface area contributed by atoms with E-state index in [4.69, 9.17) is 9.47 Å². The Labute approximate surface area is 129 Å². The molecular formula is C16H19N3O3. The van der Waals surface area contributed by atoms with Crippen LogP contribution in [-0.4, -0.2) is 55.7 Å². The molecule has 1 aromatic heterocycles. The molecule has 1 aliphatic rings. The van der Waals surface area contributed by atoms with Gasteiger partial charge in [0, 0.05) is 24.7 Å². The summed E-state index contributed by atoms with van der Waals surface area (Å²) in [5.74, 6) is 0.545. The van der Waals surface area contributed by atoms with E-state index in [0.717, 1.165) is 17.4 Å². The van der Waals surface area contributed by atoms with Crippen molar-refractivity contribution >= 4 is 22.5 Å². The monoisotopic (exact) mass is 301 g/mol. The van der Waals surface area contributed by atoms with E-state index >= 15 is 0 Å². The lowest BCUT2D eigenvalue weighted by molar-refractivity contribution is -0.132. The number of hydrogen-bond acceptors (Lipinski definition) is 5. The zero-order valence-corrected chi connectivity index (χ0v) is 12.7. The fourth-order valence-electron chi connectivity index (χ4n) is 2.57. The van der Waals surface area contributed by atoms with Crippen molar-refractivity contribution in [2.45, 2.75) is 6.10 Å². The Morgan fingerprint density at radius 2 is 2.32 bits per heavy atom. The van der Waals surface area contributed by atoms with Crippen LogP contribution >= 0.6 is 0 Å². The van der Waals surface area contributed by atoms with Gasteiger partial charge in [-0.15, -0.1) is 0 Å². The number of rotatable bonds is 3. The van der Waals surface area contributed by atoms with Gasteiger partial charge in [0.15, 0.2) is 0 Å². The lowest BCUT2D eigenvalue weighted by Crippen LogP contribution is -2.46. The molecule has 3 rings (SSSR count). The van der Waals surface area contributed by atoms with Crippen LogP contribution in [0.2, 0.25) is 0 Å². The van der Waals surface area contributed by atoms with E-state index in [-0.39, 0.29) is 5.91 Å². The first kappa shape index (κ1) is 14.7. The number of anilines is 1. The molecule has 116 valence electrons. The number of morpholine rings is 1. The number of fused-ring (bicyclic) bond motifs is 1. The first-order valence-corrected chi connectivity index (χ1v) is 7.22. The van der Waals surface area contributed by atoms with Gasteiger partial charge in [-0.1, -0.05) is 0 Å². The topological polar surface area (TPSA) is 63.7 Å². The van der Waals surface area contributed by atoms with Crippen LogP contribution in [0, 0.1) is 0 Å². The molecule has 6 heteroatoms. The fraction of sp³-hybridized carbons (Fsp3) is 0.375. The maximum absolute atomic E-state index is 12.4. The standard InChI is InChI=1S/C16H19N3O3/c1-19-8-9-22-14(10-19)16(20)18-12-5-6-13(21-2)15-11(12)4-3-7-17-15/h3-7,14H,8-10H2,1-2H3,(H,18,20). The third-order valence-electron chi connectivity index (χ3n) is 3.77. The number of nitrogens with zero attached hydrogens (tertiary/aromatic N) is 2. The molecule has 0 aliphatic carbocycles. The second-order valence-corrected chi connectivity index (χ2v) is 5.33. The van der Waals surface area contributed by atoms with Crippen molar-refractivity contribution in [3.05, 3.63) is 30.5 Å². The molecule has 1 saturated heterocycles. The van der Waals surface area contributed by atoms with Gasteiger partial charge in [-0.05, 0) is 31.3 Å². The van der Waals surface area contributed by atoms with E-state index in [1.807, 2.05) is 25.2 Å². The molecule has 0 bridgehead atoms.